The molecule has 0 aliphatic carbocycles. The van der Waals surface area contributed by atoms with Crippen LogP contribution in [-0.2, 0) is 13.0 Å². The zero-order chi connectivity index (χ0) is 23.5. The van der Waals surface area contributed by atoms with Crippen LogP contribution in [0.2, 0.25) is 5.02 Å². The highest BCUT2D eigenvalue weighted by molar-refractivity contribution is 6.35. The molecule has 0 aliphatic rings. The van der Waals surface area contributed by atoms with Crippen molar-refractivity contribution >= 4 is 34.1 Å². The van der Waals surface area contributed by atoms with Gasteiger partial charge in [-0.2, -0.15) is 0 Å². The minimum absolute atomic E-state index is 0.328. The summed E-state index contributed by atoms with van der Waals surface area (Å²) in [5.41, 5.74) is 12.3. The van der Waals surface area contributed by atoms with E-state index in [1.54, 1.807) is 6.20 Å². The number of nitrogen functional groups attached to an aromatic ring is 1. The molecule has 2 aromatic carbocycles. The standard InChI is InChI=1S/C27H23ClN6/c1-2-21-11-10-17(15-31-21)16-32-27-26(29)33-24(18-7-4-3-5-8-18)25(34-27)20-13-19-9-6-12-30-23(19)22(28)14-20/h3-15H,2,16H2,1H3,(H2,29,33)(H,32,34). The first-order valence-corrected chi connectivity index (χ1v) is 11.5. The first-order valence-electron chi connectivity index (χ1n) is 11.1. The van der Waals surface area contributed by atoms with Gasteiger partial charge < -0.3 is 11.1 Å². The monoisotopic (exact) mass is 466 g/mol. The number of benzene rings is 2. The first kappa shape index (κ1) is 21.8. The maximum atomic E-state index is 6.59. The van der Waals surface area contributed by atoms with E-state index in [9.17, 15) is 0 Å². The summed E-state index contributed by atoms with van der Waals surface area (Å²) < 4.78 is 0. The maximum Gasteiger partial charge on any atom is 0.169 e. The van der Waals surface area contributed by atoms with Gasteiger partial charge in [-0.1, -0.05) is 61.0 Å². The van der Waals surface area contributed by atoms with Crippen molar-refractivity contribution < 1.29 is 0 Å². The van der Waals surface area contributed by atoms with Gasteiger partial charge in [0.15, 0.2) is 11.6 Å². The Morgan fingerprint density at radius 3 is 2.47 bits per heavy atom. The molecular weight excluding hydrogens is 444 g/mol. The molecule has 0 saturated carbocycles. The summed E-state index contributed by atoms with van der Waals surface area (Å²) in [4.78, 5) is 18.5. The van der Waals surface area contributed by atoms with Crippen LogP contribution < -0.4 is 11.1 Å². The van der Waals surface area contributed by atoms with Crippen molar-refractivity contribution in [3.05, 3.63) is 95.4 Å². The Kier molecular flexibility index (Phi) is 6.06. The van der Waals surface area contributed by atoms with Crippen molar-refractivity contribution in [2.24, 2.45) is 0 Å². The third-order valence-corrected chi connectivity index (χ3v) is 5.90. The smallest absolute Gasteiger partial charge is 0.169 e. The van der Waals surface area contributed by atoms with Crippen molar-refractivity contribution in [3.8, 4) is 22.5 Å². The lowest BCUT2D eigenvalue weighted by Gasteiger charge is -2.15. The number of rotatable bonds is 6. The molecule has 0 aliphatic heterocycles. The predicted octanol–water partition coefficient (Wildman–Crippen LogP) is 6.16. The van der Waals surface area contributed by atoms with Gasteiger partial charge in [-0.15, -0.1) is 0 Å². The molecule has 168 valence electrons. The van der Waals surface area contributed by atoms with E-state index >= 15 is 0 Å². The number of hydrogen-bond donors (Lipinski definition) is 2. The van der Waals surface area contributed by atoms with Crippen LogP contribution in [0.4, 0.5) is 11.6 Å². The third kappa shape index (κ3) is 4.40. The van der Waals surface area contributed by atoms with Gasteiger partial charge in [-0.05, 0) is 36.2 Å². The minimum atomic E-state index is 0.328. The Balaban J connectivity index is 1.59. The van der Waals surface area contributed by atoms with E-state index in [-0.39, 0.29) is 0 Å². The van der Waals surface area contributed by atoms with Crippen LogP contribution in [0.1, 0.15) is 18.2 Å². The van der Waals surface area contributed by atoms with Gasteiger partial charge >= 0.3 is 0 Å². The molecule has 0 bridgehead atoms. The van der Waals surface area contributed by atoms with Crippen molar-refractivity contribution in [1.29, 1.82) is 0 Å². The molecule has 0 atom stereocenters. The first-order chi connectivity index (χ1) is 16.6. The van der Waals surface area contributed by atoms with Crippen molar-refractivity contribution in [2.75, 3.05) is 11.1 Å². The van der Waals surface area contributed by atoms with Crippen molar-refractivity contribution in [1.82, 2.24) is 19.9 Å². The maximum absolute atomic E-state index is 6.59. The van der Waals surface area contributed by atoms with Crippen LogP contribution in [0.25, 0.3) is 33.4 Å². The summed E-state index contributed by atoms with van der Waals surface area (Å²) in [6.07, 6.45) is 4.50. The quantitative estimate of drug-likeness (QED) is 0.311. The minimum Gasteiger partial charge on any atom is -0.381 e. The highest BCUT2D eigenvalue weighted by atomic mass is 35.5. The average molecular weight is 467 g/mol. The Labute approximate surface area is 202 Å². The fourth-order valence-electron chi connectivity index (χ4n) is 3.82. The fraction of sp³-hybridized carbons (Fsp3) is 0.111. The van der Waals surface area contributed by atoms with Crippen LogP contribution >= 0.6 is 11.6 Å². The largest absolute Gasteiger partial charge is 0.381 e. The number of aromatic nitrogens is 4. The van der Waals surface area contributed by atoms with E-state index in [1.807, 2.05) is 66.9 Å². The van der Waals surface area contributed by atoms with E-state index in [0.29, 0.717) is 34.6 Å². The van der Waals surface area contributed by atoms with Gasteiger partial charge in [-0.3, -0.25) is 9.97 Å². The summed E-state index contributed by atoms with van der Waals surface area (Å²) in [6.45, 7) is 2.61. The molecular formula is C27H23ClN6. The molecule has 0 radical (unpaired) electrons. The fourth-order valence-corrected chi connectivity index (χ4v) is 4.09. The van der Waals surface area contributed by atoms with Crippen LogP contribution in [-0.4, -0.2) is 19.9 Å². The number of aryl methyl sites for hydroxylation is 1. The van der Waals surface area contributed by atoms with Gasteiger partial charge in [0.1, 0.15) is 0 Å². The highest BCUT2D eigenvalue weighted by Crippen LogP contribution is 2.35. The topological polar surface area (TPSA) is 89.6 Å². The second-order valence-corrected chi connectivity index (χ2v) is 8.33. The number of fused-ring (bicyclic) bond motifs is 1. The van der Waals surface area contributed by atoms with E-state index < -0.39 is 0 Å². The Bertz CT molecular complexity index is 1450. The second-order valence-electron chi connectivity index (χ2n) is 7.92. The van der Waals surface area contributed by atoms with E-state index in [0.717, 1.165) is 39.7 Å². The van der Waals surface area contributed by atoms with Crippen LogP contribution in [0.15, 0.2) is 79.1 Å². The van der Waals surface area contributed by atoms with Crippen molar-refractivity contribution in [3.63, 3.8) is 0 Å². The van der Waals surface area contributed by atoms with Gasteiger partial charge in [0.25, 0.3) is 0 Å². The van der Waals surface area contributed by atoms with E-state index in [4.69, 9.17) is 27.3 Å². The summed E-state index contributed by atoms with van der Waals surface area (Å²) >= 11 is 6.59. The number of nitrogens with zero attached hydrogens (tertiary/aromatic N) is 4. The van der Waals surface area contributed by atoms with Gasteiger partial charge in [0.05, 0.1) is 21.9 Å². The Hall–Kier alpha value is -4.03. The molecule has 0 fully saturated rings. The third-order valence-electron chi connectivity index (χ3n) is 5.61. The van der Waals surface area contributed by atoms with E-state index in [2.05, 4.69) is 28.3 Å². The second kappa shape index (κ2) is 9.45. The van der Waals surface area contributed by atoms with Crippen LogP contribution in [0, 0.1) is 0 Å². The molecule has 6 nitrogen and oxygen atoms in total. The number of nitrogens with two attached hydrogens (primary N) is 1. The lowest BCUT2D eigenvalue weighted by molar-refractivity contribution is 1.00. The molecule has 3 N–H and O–H groups in total. The summed E-state index contributed by atoms with van der Waals surface area (Å²) in [6, 6.07) is 21.7. The highest BCUT2D eigenvalue weighted by Gasteiger charge is 2.17. The SMILES string of the molecule is CCc1ccc(CNc2nc(-c3cc(Cl)c4ncccc4c3)c(-c3ccccc3)nc2N)cn1. The Morgan fingerprint density at radius 1 is 0.882 bits per heavy atom. The number of anilines is 2. The van der Waals surface area contributed by atoms with Gasteiger partial charge in [0, 0.05) is 41.1 Å². The lowest BCUT2D eigenvalue weighted by atomic mass is 10.0. The molecule has 0 unspecified atom stereocenters. The molecule has 5 aromatic rings. The molecule has 0 amide bonds. The number of halogens is 1. The summed E-state index contributed by atoms with van der Waals surface area (Å²) in [7, 11) is 0. The molecule has 3 aromatic heterocycles. The molecule has 0 spiro atoms. The van der Waals surface area contributed by atoms with Crippen LogP contribution in [0.3, 0.4) is 0 Å². The number of nitrogens with one attached hydrogen (secondary N) is 1. The Morgan fingerprint density at radius 2 is 1.71 bits per heavy atom. The van der Waals surface area contributed by atoms with Crippen LogP contribution in [0.5, 0.6) is 0 Å². The summed E-state index contributed by atoms with van der Waals surface area (Å²) in [5.74, 6) is 0.839. The molecule has 34 heavy (non-hydrogen) atoms. The van der Waals surface area contributed by atoms with Gasteiger partial charge in [-0.25, -0.2) is 9.97 Å². The summed E-state index contributed by atoms with van der Waals surface area (Å²) in [5, 5.41) is 4.81. The normalized spacial score (nSPS) is 11.0. The molecule has 5 rings (SSSR count). The zero-order valence-corrected chi connectivity index (χ0v) is 19.4. The van der Waals surface area contributed by atoms with Gasteiger partial charge in [0.2, 0.25) is 0 Å². The predicted molar refractivity (Wildman–Crippen MR) is 139 cm³/mol. The molecule has 3 heterocycles. The number of hydrogen-bond acceptors (Lipinski definition) is 6. The molecule has 0 saturated heterocycles. The zero-order valence-electron chi connectivity index (χ0n) is 18.7. The average Bonchev–Trinajstić information content (AvgIpc) is 2.88. The lowest BCUT2D eigenvalue weighted by Crippen LogP contribution is -2.09. The molecule has 7 heteroatoms. The number of pyridine rings is 2. The van der Waals surface area contributed by atoms with E-state index in [1.165, 1.54) is 0 Å². The van der Waals surface area contributed by atoms with Crippen molar-refractivity contribution in [2.45, 2.75) is 19.9 Å².